The van der Waals surface area contributed by atoms with Crippen LogP contribution >= 0.6 is 0 Å². The van der Waals surface area contributed by atoms with Gasteiger partial charge in [-0.05, 0) is 0 Å². The summed E-state index contributed by atoms with van der Waals surface area (Å²) in [5.41, 5.74) is -0.536. The van der Waals surface area contributed by atoms with Crippen LogP contribution in [-0.4, -0.2) is 28.7 Å². The second-order valence-electron chi connectivity index (χ2n) is 4.55. The normalized spacial score (nSPS) is 19.6. The Hall–Kier alpha value is 1.21. The molecule has 15 heavy (non-hydrogen) atoms. The van der Waals surface area contributed by atoms with Crippen LogP contribution < -0.4 is 22.1 Å². The van der Waals surface area contributed by atoms with E-state index in [1.165, 1.54) is 38.5 Å². The van der Waals surface area contributed by atoms with Crippen LogP contribution in [0.25, 0.3) is 0 Å². The van der Waals surface area contributed by atoms with Gasteiger partial charge in [-0.25, -0.2) is 0 Å². The van der Waals surface area contributed by atoms with Gasteiger partial charge in [0.1, 0.15) is 0 Å². The minimum absolute atomic E-state index is 0. The van der Waals surface area contributed by atoms with E-state index >= 15 is 0 Å². The molecular weight excluding hydrogens is 264 g/mol. The third kappa shape index (κ3) is 8.00. The predicted octanol–water partition coefficient (Wildman–Crippen LogP) is -0.357. The van der Waals surface area contributed by atoms with Gasteiger partial charge in [-0.3, -0.25) is 0 Å². The molecule has 0 aromatic rings. The van der Waals surface area contributed by atoms with E-state index in [0.29, 0.717) is 0 Å². The second-order valence-corrected chi connectivity index (χ2v) is 4.55. The maximum Gasteiger partial charge on any atom is 2.00 e. The monoisotopic (exact) mass is 286 g/mol. The molecule has 0 amide bonds. The van der Waals surface area contributed by atoms with Crippen molar-refractivity contribution in [2.24, 2.45) is 0 Å². The van der Waals surface area contributed by atoms with Gasteiger partial charge >= 0.3 is 23.1 Å². The minimum Gasteiger partial charge on any atom is -1.00 e. The zero-order valence-electron chi connectivity index (χ0n) is 10.1. The Labute approximate surface area is 121 Å². The van der Waals surface area contributed by atoms with Gasteiger partial charge in [-0.1, -0.05) is 71.1 Å². The van der Waals surface area contributed by atoms with Crippen molar-refractivity contribution in [3.05, 3.63) is 0 Å². The van der Waals surface area contributed by atoms with Crippen molar-refractivity contribution < 1.29 is 22.1 Å². The van der Waals surface area contributed by atoms with E-state index in [1.54, 1.807) is 0 Å². The molecule has 0 atom stereocenters. The molecular formula is C12H23BrMgO. The molecule has 0 bridgehead atoms. The summed E-state index contributed by atoms with van der Waals surface area (Å²) in [5, 5.41) is 12.2. The van der Waals surface area contributed by atoms with Crippen LogP contribution in [0.5, 0.6) is 0 Å². The largest absolute Gasteiger partial charge is 2.00 e. The molecule has 0 heterocycles. The van der Waals surface area contributed by atoms with Crippen LogP contribution in [0.4, 0.5) is 0 Å². The number of unbranched alkanes of at least 4 members (excludes halogenated alkanes) is 2. The van der Waals surface area contributed by atoms with E-state index in [1.807, 2.05) is 0 Å². The van der Waals surface area contributed by atoms with Gasteiger partial charge in [-0.15, -0.1) is 5.60 Å². The smallest absolute Gasteiger partial charge is 1.00 e. The number of hydrogen-bond donors (Lipinski definition) is 0. The summed E-state index contributed by atoms with van der Waals surface area (Å²) in [6, 6.07) is 0. The number of rotatable bonds is 4. The molecule has 1 aliphatic rings. The van der Waals surface area contributed by atoms with Crippen LogP contribution in [0.3, 0.4) is 0 Å². The van der Waals surface area contributed by atoms with Gasteiger partial charge in [-0.2, -0.15) is 0 Å². The van der Waals surface area contributed by atoms with Crippen LogP contribution in [0.15, 0.2) is 0 Å². The molecule has 0 aromatic heterocycles. The Bertz CT molecular complexity index is 134. The molecule has 0 saturated heterocycles. The van der Waals surface area contributed by atoms with Gasteiger partial charge in [0.2, 0.25) is 0 Å². The third-order valence-corrected chi connectivity index (χ3v) is 3.25. The Morgan fingerprint density at radius 2 is 1.53 bits per heavy atom. The summed E-state index contributed by atoms with van der Waals surface area (Å²) in [4.78, 5) is 0. The second kappa shape index (κ2) is 10.4. The van der Waals surface area contributed by atoms with Gasteiger partial charge in [0.25, 0.3) is 0 Å². The molecule has 0 spiro atoms. The maximum absolute atomic E-state index is 12.2. The van der Waals surface area contributed by atoms with Crippen molar-refractivity contribution in [1.82, 2.24) is 0 Å². The summed E-state index contributed by atoms with van der Waals surface area (Å²) in [7, 11) is 0. The Morgan fingerprint density at radius 3 is 2.00 bits per heavy atom. The fourth-order valence-corrected chi connectivity index (χ4v) is 2.32. The molecule has 1 nitrogen and oxygen atoms in total. The molecule has 0 radical (unpaired) electrons. The topological polar surface area (TPSA) is 23.1 Å². The minimum atomic E-state index is -0.536. The Morgan fingerprint density at radius 1 is 1.00 bits per heavy atom. The summed E-state index contributed by atoms with van der Waals surface area (Å²) in [6.45, 7) is 2.20. The molecule has 1 saturated carbocycles. The van der Waals surface area contributed by atoms with Gasteiger partial charge in [0.15, 0.2) is 0 Å². The first-order valence-electron chi connectivity index (χ1n) is 5.97. The van der Waals surface area contributed by atoms with Crippen LogP contribution in [-0.2, 0) is 0 Å². The molecule has 0 aliphatic heterocycles. The Balaban J connectivity index is 0. The molecule has 86 valence electrons. The average molecular weight is 288 g/mol. The summed E-state index contributed by atoms with van der Waals surface area (Å²) in [5.74, 6) is 0. The van der Waals surface area contributed by atoms with Gasteiger partial charge < -0.3 is 22.1 Å². The van der Waals surface area contributed by atoms with Gasteiger partial charge in [0, 0.05) is 0 Å². The van der Waals surface area contributed by atoms with Crippen molar-refractivity contribution in [2.75, 3.05) is 0 Å². The summed E-state index contributed by atoms with van der Waals surface area (Å²) < 4.78 is 0. The van der Waals surface area contributed by atoms with E-state index in [2.05, 4.69) is 6.92 Å². The Kier molecular flexibility index (Phi) is 12.8. The molecule has 0 aromatic carbocycles. The van der Waals surface area contributed by atoms with E-state index < -0.39 is 5.60 Å². The van der Waals surface area contributed by atoms with Crippen LogP contribution in [0.2, 0.25) is 0 Å². The first-order chi connectivity index (χ1) is 6.27. The SMILES string of the molecule is CCCCCC1([O-])CCCCCC1.[Br-].[Mg+2]. The average Bonchev–Trinajstić information content (AvgIpc) is 2.31. The first kappa shape index (κ1) is 18.6. The standard InChI is InChI=1S/C12H23O.BrH.Mg/c1-2-3-6-9-12(13)10-7-4-5-8-11-12;;/h2-11H2,1H3;1H;/q-1;;+2/p-1. The van der Waals surface area contributed by atoms with E-state index in [4.69, 9.17) is 0 Å². The van der Waals surface area contributed by atoms with Crippen molar-refractivity contribution in [1.29, 1.82) is 0 Å². The van der Waals surface area contributed by atoms with E-state index in [-0.39, 0.29) is 40.0 Å². The molecule has 0 unspecified atom stereocenters. The van der Waals surface area contributed by atoms with Crippen LogP contribution in [0.1, 0.15) is 71.1 Å². The molecule has 3 heteroatoms. The molecule has 1 rings (SSSR count). The van der Waals surface area contributed by atoms with E-state index in [9.17, 15) is 5.11 Å². The predicted molar refractivity (Wildman–Crippen MR) is 60.3 cm³/mol. The van der Waals surface area contributed by atoms with Crippen molar-refractivity contribution >= 4 is 23.1 Å². The van der Waals surface area contributed by atoms with Gasteiger partial charge in [0.05, 0.1) is 0 Å². The fourth-order valence-electron chi connectivity index (χ4n) is 2.32. The quantitative estimate of drug-likeness (QED) is 0.394. The molecule has 1 aliphatic carbocycles. The molecule has 1 fully saturated rings. The summed E-state index contributed by atoms with van der Waals surface area (Å²) >= 11 is 0. The van der Waals surface area contributed by atoms with Crippen LogP contribution in [0, 0.1) is 0 Å². The van der Waals surface area contributed by atoms with Crippen molar-refractivity contribution in [2.45, 2.75) is 76.7 Å². The zero-order chi connectivity index (χ0) is 9.57. The zero-order valence-corrected chi connectivity index (χ0v) is 13.1. The fraction of sp³-hybridized carbons (Fsp3) is 1.00. The van der Waals surface area contributed by atoms with Crippen molar-refractivity contribution in [3.8, 4) is 0 Å². The van der Waals surface area contributed by atoms with Crippen molar-refractivity contribution in [3.63, 3.8) is 0 Å². The summed E-state index contributed by atoms with van der Waals surface area (Å²) in [6.07, 6.45) is 11.4. The first-order valence-corrected chi connectivity index (χ1v) is 5.97. The molecule has 0 N–H and O–H groups in total. The third-order valence-electron chi connectivity index (χ3n) is 3.25. The maximum atomic E-state index is 12.2. The number of halogens is 1. The van der Waals surface area contributed by atoms with E-state index in [0.717, 1.165) is 25.7 Å². The number of hydrogen-bond acceptors (Lipinski definition) is 1.